The van der Waals surface area contributed by atoms with Crippen LogP contribution in [0, 0.1) is 0 Å². The second-order valence-corrected chi connectivity index (χ2v) is 5.78. The van der Waals surface area contributed by atoms with Crippen molar-refractivity contribution >= 4 is 27.4 Å². The summed E-state index contributed by atoms with van der Waals surface area (Å²) in [6, 6.07) is 4.31. The van der Waals surface area contributed by atoms with E-state index in [2.05, 4.69) is 10.0 Å². The minimum absolute atomic E-state index is 0.0510. The van der Waals surface area contributed by atoms with E-state index in [0.29, 0.717) is 17.9 Å². The van der Waals surface area contributed by atoms with Gasteiger partial charge in [0, 0.05) is 18.8 Å². The quantitative estimate of drug-likeness (QED) is 0.536. The van der Waals surface area contributed by atoms with E-state index in [1.807, 2.05) is 0 Å². The summed E-state index contributed by atoms with van der Waals surface area (Å²) in [6.07, 6.45) is 0. The molecule has 0 aliphatic heterocycles. The first kappa shape index (κ1) is 15.3. The highest BCUT2D eigenvalue weighted by Crippen LogP contribution is 2.19. The Morgan fingerprint density at radius 1 is 1.42 bits per heavy atom. The molecule has 0 bridgehead atoms. The molecule has 0 spiro atoms. The number of carboxylic acids is 1. The summed E-state index contributed by atoms with van der Waals surface area (Å²) in [5.41, 5.74) is 6.33. The number of carboxylic acid groups (broad SMARTS) is 1. The second-order valence-electron chi connectivity index (χ2n) is 3.85. The van der Waals surface area contributed by atoms with Gasteiger partial charge >= 0.3 is 5.97 Å². The van der Waals surface area contributed by atoms with Gasteiger partial charge in [0.2, 0.25) is 10.0 Å². The van der Waals surface area contributed by atoms with Crippen molar-refractivity contribution in [1.82, 2.24) is 4.72 Å². The van der Waals surface area contributed by atoms with E-state index in [0.717, 1.165) is 0 Å². The number of carbonyl (C=O) groups is 1. The molecule has 0 saturated carbocycles. The fourth-order valence-electron chi connectivity index (χ4n) is 1.51. The number of sulfonamides is 1. The molecule has 0 fully saturated rings. The predicted octanol–water partition coefficient (Wildman–Crippen LogP) is 0.318. The normalized spacial score (nSPS) is 11.2. The molecule has 1 aromatic rings. The molecule has 0 unspecified atom stereocenters. The van der Waals surface area contributed by atoms with Crippen LogP contribution in [0.3, 0.4) is 0 Å². The van der Waals surface area contributed by atoms with Gasteiger partial charge in [-0.1, -0.05) is 6.92 Å². The van der Waals surface area contributed by atoms with Crippen LogP contribution in [0.1, 0.15) is 17.3 Å². The van der Waals surface area contributed by atoms with Crippen LogP contribution in [0.2, 0.25) is 0 Å². The van der Waals surface area contributed by atoms with Crippen molar-refractivity contribution < 1.29 is 18.3 Å². The monoisotopic (exact) mass is 287 g/mol. The number of hydrogen-bond acceptors (Lipinski definition) is 5. The van der Waals surface area contributed by atoms with Crippen molar-refractivity contribution in [2.45, 2.75) is 6.92 Å². The van der Waals surface area contributed by atoms with Gasteiger partial charge in [-0.3, -0.25) is 0 Å². The molecule has 0 radical (unpaired) electrons. The van der Waals surface area contributed by atoms with Crippen molar-refractivity contribution in [3.05, 3.63) is 23.8 Å². The lowest BCUT2D eigenvalue weighted by atomic mass is 10.1. The molecular weight excluding hydrogens is 270 g/mol. The first-order valence-electron chi connectivity index (χ1n) is 5.69. The third kappa shape index (κ3) is 4.76. The number of benzene rings is 1. The number of aromatic carboxylic acids is 1. The summed E-state index contributed by atoms with van der Waals surface area (Å²) in [5.74, 6) is -1.24. The number of hydrogen-bond donors (Lipinski definition) is 4. The van der Waals surface area contributed by atoms with Crippen molar-refractivity contribution in [3.8, 4) is 0 Å². The van der Waals surface area contributed by atoms with Gasteiger partial charge in [0.15, 0.2) is 0 Å². The molecule has 0 heterocycles. The molecule has 1 rings (SSSR count). The highest BCUT2D eigenvalue weighted by molar-refractivity contribution is 7.89. The zero-order valence-corrected chi connectivity index (χ0v) is 11.3. The first-order valence-corrected chi connectivity index (χ1v) is 7.35. The minimum atomic E-state index is -3.34. The third-order valence-corrected chi connectivity index (χ3v) is 3.79. The Bertz CT molecular complexity index is 557. The molecule has 5 N–H and O–H groups in total. The molecule has 7 nitrogen and oxygen atoms in total. The zero-order chi connectivity index (χ0) is 14.5. The van der Waals surface area contributed by atoms with Gasteiger partial charge in [-0.25, -0.2) is 17.9 Å². The maximum atomic E-state index is 11.4. The van der Waals surface area contributed by atoms with Gasteiger partial charge < -0.3 is 16.2 Å². The highest BCUT2D eigenvalue weighted by atomic mass is 32.2. The summed E-state index contributed by atoms with van der Waals surface area (Å²) in [4.78, 5) is 11.0. The van der Waals surface area contributed by atoms with Gasteiger partial charge in [0.05, 0.1) is 17.0 Å². The van der Waals surface area contributed by atoms with E-state index >= 15 is 0 Å². The molecule has 0 saturated heterocycles. The van der Waals surface area contributed by atoms with Crippen molar-refractivity contribution in [2.75, 3.05) is 29.9 Å². The molecule has 8 heteroatoms. The first-order chi connectivity index (χ1) is 8.85. The SMILES string of the molecule is CCNS(=O)(=O)CCNc1cc(N)ccc1C(=O)O. The van der Waals surface area contributed by atoms with Gasteiger partial charge in [-0.05, 0) is 18.2 Å². The Morgan fingerprint density at radius 2 is 2.11 bits per heavy atom. The Morgan fingerprint density at radius 3 is 2.68 bits per heavy atom. The summed E-state index contributed by atoms with van der Waals surface area (Å²) in [5, 5.41) is 11.8. The standard InChI is InChI=1S/C11H17N3O4S/c1-2-14-19(17,18)6-5-13-10-7-8(12)3-4-9(10)11(15)16/h3-4,7,13-14H,2,5-6,12H2,1H3,(H,15,16). The zero-order valence-electron chi connectivity index (χ0n) is 10.5. The fraction of sp³-hybridized carbons (Fsp3) is 0.364. The van der Waals surface area contributed by atoms with E-state index in [4.69, 9.17) is 10.8 Å². The van der Waals surface area contributed by atoms with Crippen molar-refractivity contribution in [1.29, 1.82) is 0 Å². The minimum Gasteiger partial charge on any atom is -0.478 e. The van der Waals surface area contributed by atoms with Crippen LogP contribution in [0.25, 0.3) is 0 Å². The number of nitrogens with two attached hydrogens (primary N) is 1. The van der Waals surface area contributed by atoms with Crippen LogP contribution >= 0.6 is 0 Å². The lowest BCUT2D eigenvalue weighted by Gasteiger charge is -2.10. The second kappa shape index (κ2) is 6.39. The Balaban J connectivity index is 2.73. The lowest BCUT2D eigenvalue weighted by Crippen LogP contribution is -2.29. The maximum Gasteiger partial charge on any atom is 0.337 e. The average Bonchev–Trinajstić information content (AvgIpc) is 2.28. The summed E-state index contributed by atoms with van der Waals surface area (Å²) in [6.45, 7) is 2.10. The molecule has 0 atom stereocenters. The van der Waals surface area contributed by atoms with E-state index in [1.165, 1.54) is 18.2 Å². The van der Waals surface area contributed by atoms with E-state index in [9.17, 15) is 13.2 Å². The molecule has 0 aliphatic rings. The maximum absolute atomic E-state index is 11.4. The van der Waals surface area contributed by atoms with Gasteiger partial charge in [0.1, 0.15) is 0 Å². The van der Waals surface area contributed by atoms with Crippen LogP contribution < -0.4 is 15.8 Å². The smallest absolute Gasteiger partial charge is 0.337 e. The van der Waals surface area contributed by atoms with Crippen molar-refractivity contribution in [2.24, 2.45) is 0 Å². The topological polar surface area (TPSA) is 122 Å². The molecule has 0 amide bonds. The third-order valence-electron chi connectivity index (χ3n) is 2.32. The van der Waals surface area contributed by atoms with E-state index in [1.54, 1.807) is 6.92 Å². The van der Waals surface area contributed by atoms with Crippen LogP contribution in [-0.2, 0) is 10.0 Å². The number of anilines is 2. The van der Waals surface area contributed by atoms with Gasteiger partial charge in [0.25, 0.3) is 0 Å². The number of rotatable bonds is 7. The fourth-order valence-corrected chi connectivity index (χ4v) is 2.46. The molecule has 1 aromatic carbocycles. The van der Waals surface area contributed by atoms with Crippen LogP contribution in [0.5, 0.6) is 0 Å². The van der Waals surface area contributed by atoms with Crippen LogP contribution in [-0.4, -0.2) is 38.3 Å². The van der Waals surface area contributed by atoms with Crippen LogP contribution in [0.15, 0.2) is 18.2 Å². The van der Waals surface area contributed by atoms with E-state index < -0.39 is 16.0 Å². The predicted molar refractivity (Wildman–Crippen MR) is 73.8 cm³/mol. The van der Waals surface area contributed by atoms with Crippen LogP contribution in [0.4, 0.5) is 11.4 Å². The number of nitrogen functional groups attached to an aromatic ring is 1. The summed E-state index contributed by atoms with van der Waals surface area (Å²) in [7, 11) is -3.34. The molecule has 0 aromatic heterocycles. The molecule has 0 aliphatic carbocycles. The van der Waals surface area contributed by atoms with Crippen molar-refractivity contribution in [3.63, 3.8) is 0 Å². The van der Waals surface area contributed by atoms with E-state index in [-0.39, 0.29) is 17.9 Å². The molecule has 106 valence electrons. The Labute approximate surface area is 111 Å². The average molecular weight is 287 g/mol. The lowest BCUT2D eigenvalue weighted by molar-refractivity contribution is 0.0698. The summed E-state index contributed by atoms with van der Waals surface area (Å²) >= 11 is 0. The largest absolute Gasteiger partial charge is 0.478 e. The highest BCUT2D eigenvalue weighted by Gasteiger charge is 2.12. The Kier molecular flexibility index (Phi) is 5.13. The molecular formula is C11H17N3O4S. The number of nitrogens with one attached hydrogen (secondary N) is 2. The van der Waals surface area contributed by atoms with Gasteiger partial charge in [-0.2, -0.15) is 0 Å². The van der Waals surface area contributed by atoms with Gasteiger partial charge in [-0.15, -0.1) is 0 Å². The summed E-state index contributed by atoms with van der Waals surface area (Å²) < 4.78 is 25.2. The molecule has 19 heavy (non-hydrogen) atoms. The Hall–Kier alpha value is -1.80.